The number of carbonyl (C=O) groups excluding carboxylic acids is 1. The third-order valence-electron chi connectivity index (χ3n) is 2.50. The van der Waals surface area contributed by atoms with Gasteiger partial charge in [-0.2, -0.15) is 0 Å². The molecule has 0 saturated heterocycles. The van der Waals surface area contributed by atoms with Crippen LogP contribution in [0.3, 0.4) is 0 Å². The van der Waals surface area contributed by atoms with Crippen LogP contribution >= 0.6 is 0 Å². The number of nitrogens with zero attached hydrogens (tertiary/aromatic N) is 1. The van der Waals surface area contributed by atoms with E-state index in [-0.39, 0.29) is 11.6 Å². The summed E-state index contributed by atoms with van der Waals surface area (Å²) in [5, 5.41) is 11.8. The van der Waals surface area contributed by atoms with Gasteiger partial charge in [-0.15, -0.1) is 0 Å². The monoisotopic (exact) mass is 256 g/mol. The zero-order chi connectivity index (χ0) is 13.8. The lowest BCUT2D eigenvalue weighted by Gasteiger charge is -2.07. The van der Waals surface area contributed by atoms with Gasteiger partial charge in [0.1, 0.15) is 0 Å². The number of anilines is 1. The summed E-state index contributed by atoms with van der Waals surface area (Å²) in [5.41, 5.74) is 1.81. The number of nitrogens with one attached hydrogen (secondary N) is 1. The van der Waals surface area contributed by atoms with Gasteiger partial charge in [-0.05, 0) is 23.8 Å². The molecule has 0 radical (unpaired) electrons. The van der Waals surface area contributed by atoms with Gasteiger partial charge in [-0.25, -0.2) is 9.78 Å². The Labute approximate surface area is 109 Å². The van der Waals surface area contributed by atoms with Crippen molar-refractivity contribution in [2.75, 3.05) is 5.32 Å². The fourth-order valence-electron chi connectivity index (χ4n) is 1.78. The van der Waals surface area contributed by atoms with E-state index in [0.29, 0.717) is 16.8 Å². The fraction of sp³-hybridized carbons (Fsp3) is 0.0714. The van der Waals surface area contributed by atoms with E-state index in [2.05, 4.69) is 10.3 Å². The number of rotatable bonds is 3. The lowest BCUT2D eigenvalue weighted by atomic mass is 10.0. The number of aromatic carboxylic acids is 1. The van der Waals surface area contributed by atoms with Gasteiger partial charge >= 0.3 is 5.97 Å². The third-order valence-corrected chi connectivity index (χ3v) is 2.50. The molecule has 0 fully saturated rings. The van der Waals surface area contributed by atoms with E-state index >= 15 is 0 Å². The number of amides is 1. The Kier molecular flexibility index (Phi) is 3.56. The molecular weight excluding hydrogens is 244 g/mol. The molecule has 0 atom stereocenters. The number of carboxylic acids is 1. The van der Waals surface area contributed by atoms with Crippen molar-refractivity contribution >= 4 is 17.6 Å². The van der Waals surface area contributed by atoms with Gasteiger partial charge in [0.05, 0.1) is 0 Å². The summed E-state index contributed by atoms with van der Waals surface area (Å²) in [5.74, 6) is -1.26. The van der Waals surface area contributed by atoms with E-state index < -0.39 is 5.97 Å². The van der Waals surface area contributed by atoms with Gasteiger partial charge in [0.2, 0.25) is 5.91 Å². The first-order chi connectivity index (χ1) is 9.08. The summed E-state index contributed by atoms with van der Waals surface area (Å²) >= 11 is 0. The normalized spacial score (nSPS) is 9.95. The quantitative estimate of drug-likeness (QED) is 0.883. The van der Waals surface area contributed by atoms with Crippen LogP contribution in [0.1, 0.15) is 17.4 Å². The van der Waals surface area contributed by atoms with Crippen LogP contribution in [0.2, 0.25) is 0 Å². The minimum absolute atomic E-state index is 0.0116. The Morgan fingerprint density at radius 3 is 2.68 bits per heavy atom. The minimum atomic E-state index is -1.08. The molecule has 5 heteroatoms. The summed E-state index contributed by atoms with van der Waals surface area (Å²) < 4.78 is 0. The number of hydrogen-bond donors (Lipinski definition) is 2. The third kappa shape index (κ3) is 2.95. The summed E-state index contributed by atoms with van der Waals surface area (Å²) in [6, 6.07) is 10.3. The molecule has 0 aliphatic heterocycles. The number of carbonyl (C=O) groups is 2. The van der Waals surface area contributed by atoms with E-state index in [9.17, 15) is 9.59 Å². The second kappa shape index (κ2) is 5.30. The molecule has 0 aliphatic rings. The molecule has 19 heavy (non-hydrogen) atoms. The van der Waals surface area contributed by atoms with Crippen molar-refractivity contribution in [3.05, 3.63) is 48.3 Å². The Bertz CT molecular complexity index is 638. The van der Waals surface area contributed by atoms with Crippen LogP contribution in [-0.2, 0) is 4.79 Å². The van der Waals surface area contributed by atoms with E-state index in [0.717, 1.165) is 0 Å². The highest BCUT2D eigenvalue weighted by atomic mass is 16.4. The maximum Gasteiger partial charge on any atom is 0.355 e. The van der Waals surface area contributed by atoms with Crippen LogP contribution in [0.5, 0.6) is 0 Å². The highest BCUT2D eigenvalue weighted by Crippen LogP contribution is 2.25. The second-order valence-electron chi connectivity index (χ2n) is 3.97. The summed E-state index contributed by atoms with van der Waals surface area (Å²) in [4.78, 5) is 26.0. The average molecular weight is 256 g/mol. The molecule has 0 aliphatic carbocycles. The van der Waals surface area contributed by atoms with Crippen molar-refractivity contribution in [1.29, 1.82) is 0 Å². The molecule has 2 aromatic rings. The van der Waals surface area contributed by atoms with E-state index in [4.69, 9.17) is 5.11 Å². The lowest BCUT2D eigenvalue weighted by Crippen LogP contribution is -2.06. The van der Waals surface area contributed by atoms with Gasteiger partial charge in [0.15, 0.2) is 5.69 Å². The van der Waals surface area contributed by atoms with Gasteiger partial charge in [0.25, 0.3) is 0 Å². The largest absolute Gasteiger partial charge is 0.476 e. The molecule has 1 aromatic heterocycles. The maximum atomic E-state index is 11.1. The molecule has 1 heterocycles. The highest BCUT2D eigenvalue weighted by molar-refractivity contribution is 5.95. The molecule has 0 bridgehead atoms. The van der Waals surface area contributed by atoms with Crippen LogP contribution in [0.15, 0.2) is 42.6 Å². The van der Waals surface area contributed by atoms with Crippen LogP contribution < -0.4 is 5.32 Å². The number of pyridine rings is 1. The molecule has 1 amide bonds. The van der Waals surface area contributed by atoms with Gasteiger partial charge in [0, 0.05) is 24.4 Å². The first-order valence-electron chi connectivity index (χ1n) is 5.64. The zero-order valence-corrected chi connectivity index (χ0v) is 10.3. The summed E-state index contributed by atoms with van der Waals surface area (Å²) in [6.07, 6.45) is 1.44. The summed E-state index contributed by atoms with van der Waals surface area (Å²) in [7, 11) is 0. The van der Waals surface area contributed by atoms with E-state index in [1.54, 1.807) is 36.4 Å². The Balaban J connectivity index is 2.47. The molecule has 2 N–H and O–H groups in total. The molecule has 0 saturated carbocycles. The van der Waals surface area contributed by atoms with Crippen molar-refractivity contribution in [1.82, 2.24) is 4.98 Å². The summed E-state index contributed by atoms with van der Waals surface area (Å²) in [6.45, 7) is 1.42. The van der Waals surface area contributed by atoms with Crippen molar-refractivity contribution in [2.24, 2.45) is 0 Å². The first kappa shape index (κ1) is 12.8. The first-order valence-corrected chi connectivity index (χ1v) is 5.64. The van der Waals surface area contributed by atoms with E-state index in [1.807, 2.05) is 0 Å². The Morgan fingerprint density at radius 1 is 1.21 bits per heavy atom. The molecule has 1 aromatic carbocycles. The number of hydrogen-bond acceptors (Lipinski definition) is 3. The Hall–Kier alpha value is -2.69. The predicted octanol–water partition coefficient (Wildman–Crippen LogP) is 2.41. The van der Waals surface area contributed by atoms with Gasteiger partial charge < -0.3 is 10.4 Å². The van der Waals surface area contributed by atoms with Crippen molar-refractivity contribution in [2.45, 2.75) is 6.92 Å². The average Bonchev–Trinajstić information content (AvgIpc) is 2.38. The minimum Gasteiger partial charge on any atom is -0.476 e. The van der Waals surface area contributed by atoms with Gasteiger partial charge in [-0.3, -0.25) is 4.79 Å². The van der Waals surface area contributed by atoms with E-state index in [1.165, 1.54) is 13.1 Å². The predicted molar refractivity (Wildman–Crippen MR) is 70.9 cm³/mol. The molecule has 0 spiro atoms. The van der Waals surface area contributed by atoms with Crippen LogP contribution in [0, 0.1) is 0 Å². The Morgan fingerprint density at radius 2 is 2.00 bits per heavy atom. The highest BCUT2D eigenvalue weighted by Gasteiger charge is 2.12. The second-order valence-corrected chi connectivity index (χ2v) is 3.97. The molecular formula is C14H12N2O3. The van der Waals surface area contributed by atoms with Crippen LogP contribution in [-0.4, -0.2) is 22.0 Å². The molecule has 0 unspecified atom stereocenters. The smallest absolute Gasteiger partial charge is 0.355 e. The SMILES string of the molecule is CC(=O)Nc1cccc(-c2cccnc2C(=O)O)c1. The number of carboxylic acid groups (broad SMARTS) is 1. The van der Waals surface area contributed by atoms with Crippen LogP contribution in [0.25, 0.3) is 11.1 Å². The topological polar surface area (TPSA) is 79.3 Å². The van der Waals surface area contributed by atoms with Crippen molar-refractivity contribution in [3.63, 3.8) is 0 Å². The molecule has 5 nitrogen and oxygen atoms in total. The van der Waals surface area contributed by atoms with Crippen molar-refractivity contribution in [3.8, 4) is 11.1 Å². The van der Waals surface area contributed by atoms with Crippen molar-refractivity contribution < 1.29 is 14.7 Å². The molecule has 2 rings (SSSR count). The molecule has 96 valence electrons. The maximum absolute atomic E-state index is 11.1. The number of benzene rings is 1. The fourth-order valence-corrected chi connectivity index (χ4v) is 1.78. The number of aromatic nitrogens is 1. The standard InChI is InChI=1S/C14H12N2O3/c1-9(17)16-11-5-2-4-10(8-11)12-6-3-7-15-13(12)14(18)19/h2-8H,1H3,(H,16,17)(H,18,19). The lowest BCUT2D eigenvalue weighted by molar-refractivity contribution is -0.114. The van der Waals surface area contributed by atoms with Crippen LogP contribution in [0.4, 0.5) is 5.69 Å². The van der Waals surface area contributed by atoms with Gasteiger partial charge in [-0.1, -0.05) is 18.2 Å². The zero-order valence-electron chi connectivity index (χ0n) is 10.3.